The topological polar surface area (TPSA) is 71.6 Å². The highest BCUT2D eigenvalue weighted by atomic mass is 16.1. The Morgan fingerprint density at radius 2 is 2.00 bits per heavy atom. The third kappa shape index (κ3) is 1.74. The first kappa shape index (κ1) is 9.09. The maximum absolute atomic E-state index is 11.0. The summed E-state index contributed by atoms with van der Waals surface area (Å²) in [6, 6.07) is 10.8. The summed E-state index contributed by atoms with van der Waals surface area (Å²) >= 11 is 0. The molecule has 0 radical (unpaired) electrons. The molecule has 5 nitrogen and oxygen atoms in total. The number of nitriles is 1. The number of hydrogen-bond donors (Lipinski definition) is 0. The summed E-state index contributed by atoms with van der Waals surface area (Å²) in [4.78, 5) is 14.6. The molecule has 0 unspecified atom stereocenters. The molecule has 1 aromatic heterocycles. The lowest BCUT2D eigenvalue weighted by Gasteiger charge is -2.02. The molecule has 0 spiro atoms. The maximum atomic E-state index is 11.0. The van der Waals surface area contributed by atoms with Crippen molar-refractivity contribution in [1.82, 2.24) is 14.8 Å². The Morgan fingerprint density at radius 1 is 1.27 bits per heavy atom. The van der Waals surface area contributed by atoms with Crippen LogP contribution in [-0.4, -0.2) is 14.8 Å². The Balaban J connectivity index is 2.57. The minimum atomic E-state index is -0.607. The second-order valence-electron chi connectivity index (χ2n) is 2.79. The SMILES string of the molecule is N#Cc1nn(-c2ccccc2)cnc1=O. The van der Waals surface area contributed by atoms with Crippen LogP contribution < -0.4 is 5.56 Å². The van der Waals surface area contributed by atoms with E-state index in [1.54, 1.807) is 18.2 Å². The van der Waals surface area contributed by atoms with Gasteiger partial charge in [0.15, 0.2) is 0 Å². The third-order valence-electron chi connectivity index (χ3n) is 1.82. The van der Waals surface area contributed by atoms with Gasteiger partial charge in [0.25, 0.3) is 0 Å². The molecule has 0 atom stereocenters. The van der Waals surface area contributed by atoms with E-state index < -0.39 is 5.56 Å². The smallest absolute Gasteiger partial charge is 0.264 e. The molecular formula is C10H6N4O. The Morgan fingerprint density at radius 3 is 2.67 bits per heavy atom. The zero-order chi connectivity index (χ0) is 10.7. The van der Waals surface area contributed by atoms with Crippen molar-refractivity contribution in [2.24, 2.45) is 0 Å². The Labute approximate surface area is 85.2 Å². The van der Waals surface area contributed by atoms with Crippen molar-refractivity contribution in [3.63, 3.8) is 0 Å². The molecule has 0 aliphatic rings. The van der Waals surface area contributed by atoms with Gasteiger partial charge in [0.2, 0.25) is 5.69 Å². The molecule has 0 saturated carbocycles. The van der Waals surface area contributed by atoms with Gasteiger partial charge in [0.05, 0.1) is 5.69 Å². The number of nitrogens with zero attached hydrogens (tertiary/aromatic N) is 4. The van der Waals surface area contributed by atoms with Crippen molar-refractivity contribution < 1.29 is 0 Å². The molecule has 5 heteroatoms. The number of hydrogen-bond acceptors (Lipinski definition) is 4. The molecule has 0 saturated heterocycles. The van der Waals surface area contributed by atoms with Gasteiger partial charge in [0, 0.05) is 0 Å². The molecule has 0 aliphatic carbocycles. The van der Waals surface area contributed by atoms with Crippen LogP contribution in [0.5, 0.6) is 0 Å². The van der Waals surface area contributed by atoms with Crippen LogP contribution in [0.1, 0.15) is 5.69 Å². The van der Waals surface area contributed by atoms with Gasteiger partial charge in [-0.05, 0) is 12.1 Å². The van der Waals surface area contributed by atoms with Crippen LogP contribution in [0.4, 0.5) is 0 Å². The van der Waals surface area contributed by atoms with Crippen molar-refractivity contribution in [2.45, 2.75) is 0 Å². The predicted molar refractivity (Wildman–Crippen MR) is 52.3 cm³/mol. The minimum Gasteiger partial charge on any atom is -0.264 e. The first-order valence-corrected chi connectivity index (χ1v) is 4.23. The quantitative estimate of drug-likeness (QED) is 0.668. The second kappa shape index (κ2) is 3.72. The molecular weight excluding hydrogens is 192 g/mol. The predicted octanol–water partition coefficient (Wildman–Crippen LogP) is 0.499. The van der Waals surface area contributed by atoms with E-state index in [4.69, 9.17) is 5.26 Å². The number of rotatable bonds is 1. The number of aromatic nitrogens is 3. The Bertz CT molecular complexity index is 568. The zero-order valence-corrected chi connectivity index (χ0v) is 7.66. The van der Waals surface area contributed by atoms with E-state index in [-0.39, 0.29) is 5.69 Å². The van der Waals surface area contributed by atoms with Crippen molar-refractivity contribution in [1.29, 1.82) is 5.26 Å². The molecule has 15 heavy (non-hydrogen) atoms. The minimum absolute atomic E-state index is 0.207. The van der Waals surface area contributed by atoms with Crippen molar-refractivity contribution >= 4 is 0 Å². The second-order valence-corrected chi connectivity index (χ2v) is 2.79. The van der Waals surface area contributed by atoms with Crippen LogP contribution in [0.25, 0.3) is 5.69 Å². The molecule has 2 aromatic rings. The van der Waals surface area contributed by atoms with Gasteiger partial charge in [0.1, 0.15) is 12.4 Å². The van der Waals surface area contributed by atoms with Gasteiger partial charge in [-0.1, -0.05) is 18.2 Å². The highest BCUT2D eigenvalue weighted by Gasteiger charge is 2.02. The molecule has 2 rings (SSSR count). The monoisotopic (exact) mass is 198 g/mol. The zero-order valence-electron chi connectivity index (χ0n) is 7.66. The Hall–Kier alpha value is -2.48. The summed E-state index contributed by atoms with van der Waals surface area (Å²) < 4.78 is 1.39. The molecule has 1 aromatic carbocycles. The van der Waals surface area contributed by atoms with Crippen LogP contribution in [0.15, 0.2) is 41.5 Å². The average molecular weight is 198 g/mol. The van der Waals surface area contributed by atoms with Crippen LogP contribution in [0.3, 0.4) is 0 Å². The van der Waals surface area contributed by atoms with Crippen molar-refractivity contribution in [3.05, 3.63) is 52.7 Å². The lowest BCUT2D eigenvalue weighted by atomic mass is 10.3. The number of para-hydroxylation sites is 1. The van der Waals surface area contributed by atoms with Crippen LogP contribution in [0, 0.1) is 11.3 Å². The highest BCUT2D eigenvalue weighted by molar-refractivity contribution is 5.29. The molecule has 0 amide bonds. The lowest BCUT2D eigenvalue weighted by Crippen LogP contribution is -2.17. The first-order valence-electron chi connectivity index (χ1n) is 4.23. The van der Waals surface area contributed by atoms with Crippen LogP contribution in [0.2, 0.25) is 0 Å². The Kier molecular flexibility index (Phi) is 2.25. The van der Waals surface area contributed by atoms with Gasteiger partial charge >= 0.3 is 5.56 Å². The summed E-state index contributed by atoms with van der Waals surface area (Å²) in [5.41, 5.74) is -0.0625. The fraction of sp³-hybridized carbons (Fsp3) is 0. The fourth-order valence-corrected chi connectivity index (χ4v) is 1.12. The van der Waals surface area contributed by atoms with E-state index in [9.17, 15) is 4.79 Å². The number of benzene rings is 1. The molecule has 0 aliphatic heterocycles. The largest absolute Gasteiger partial charge is 0.309 e. The van der Waals surface area contributed by atoms with Gasteiger partial charge in [-0.2, -0.15) is 10.2 Å². The maximum Gasteiger partial charge on any atom is 0.309 e. The first-order chi connectivity index (χ1) is 7.31. The van der Waals surface area contributed by atoms with E-state index in [0.717, 1.165) is 5.69 Å². The summed E-state index contributed by atoms with van der Waals surface area (Å²) in [7, 11) is 0. The van der Waals surface area contributed by atoms with E-state index >= 15 is 0 Å². The summed E-state index contributed by atoms with van der Waals surface area (Å²) in [5, 5.41) is 12.5. The van der Waals surface area contributed by atoms with Crippen LogP contribution in [-0.2, 0) is 0 Å². The molecule has 0 fully saturated rings. The highest BCUT2D eigenvalue weighted by Crippen LogP contribution is 2.02. The summed E-state index contributed by atoms with van der Waals surface area (Å²) in [6.45, 7) is 0. The van der Waals surface area contributed by atoms with Gasteiger partial charge < -0.3 is 0 Å². The molecule has 72 valence electrons. The van der Waals surface area contributed by atoms with Crippen molar-refractivity contribution in [2.75, 3.05) is 0 Å². The summed E-state index contributed by atoms with van der Waals surface area (Å²) in [5.74, 6) is 0. The van der Waals surface area contributed by atoms with Crippen molar-refractivity contribution in [3.8, 4) is 11.8 Å². The molecule has 0 bridgehead atoms. The van der Waals surface area contributed by atoms with E-state index in [1.165, 1.54) is 11.0 Å². The van der Waals surface area contributed by atoms with Gasteiger partial charge in [-0.25, -0.2) is 4.68 Å². The van der Waals surface area contributed by atoms with E-state index in [1.807, 2.05) is 18.2 Å². The van der Waals surface area contributed by atoms with Gasteiger partial charge in [-0.3, -0.25) is 4.79 Å². The molecule has 1 heterocycles. The lowest BCUT2D eigenvalue weighted by molar-refractivity contribution is 0.783. The normalized spacial score (nSPS) is 9.53. The fourth-order valence-electron chi connectivity index (χ4n) is 1.12. The van der Waals surface area contributed by atoms with Gasteiger partial charge in [-0.15, -0.1) is 5.10 Å². The standard InChI is InChI=1S/C10H6N4O/c11-6-9-10(15)12-7-14(13-9)8-4-2-1-3-5-8/h1-5,7H. The van der Waals surface area contributed by atoms with E-state index in [0.29, 0.717) is 0 Å². The van der Waals surface area contributed by atoms with E-state index in [2.05, 4.69) is 10.1 Å². The van der Waals surface area contributed by atoms with Crippen LogP contribution >= 0.6 is 0 Å². The molecule has 0 N–H and O–H groups in total. The third-order valence-corrected chi connectivity index (χ3v) is 1.82. The summed E-state index contributed by atoms with van der Waals surface area (Å²) in [6.07, 6.45) is 1.29. The average Bonchev–Trinajstić information content (AvgIpc) is 2.31.